The Balaban J connectivity index is 2.13. The number of alkyl halides is 1. The van der Waals surface area contributed by atoms with Crippen molar-refractivity contribution in [1.82, 2.24) is 0 Å². The van der Waals surface area contributed by atoms with Gasteiger partial charge in [-0.15, -0.1) is 0 Å². The first-order valence-electron chi connectivity index (χ1n) is 4.65. The first kappa shape index (κ1) is 9.71. The van der Waals surface area contributed by atoms with Crippen molar-refractivity contribution in [3.8, 4) is 0 Å². The molecule has 1 aliphatic rings. The second-order valence-electron chi connectivity index (χ2n) is 3.49. The number of nitrogens with zero attached hydrogens (tertiary/aromatic N) is 1. The Labute approximate surface area is 92.1 Å². The minimum absolute atomic E-state index is 0.200. The maximum absolute atomic E-state index is 5.24. The molecule has 0 bridgehead atoms. The molecule has 3 heteroatoms. The topological polar surface area (TPSA) is 21.6 Å². The third-order valence-electron chi connectivity index (χ3n) is 2.29. The number of halogens is 1. The Morgan fingerprint density at radius 3 is 2.71 bits per heavy atom. The molecule has 0 saturated heterocycles. The van der Waals surface area contributed by atoms with E-state index < -0.39 is 0 Å². The molecule has 0 unspecified atom stereocenters. The Bertz CT molecular complexity index is 345. The van der Waals surface area contributed by atoms with Gasteiger partial charge in [0.05, 0.1) is 5.71 Å². The average Bonchev–Trinajstić information content (AvgIpc) is 2.67. The van der Waals surface area contributed by atoms with Crippen LogP contribution in [0, 0.1) is 6.92 Å². The van der Waals surface area contributed by atoms with Gasteiger partial charge in [-0.1, -0.05) is 50.9 Å². The molecule has 0 amide bonds. The van der Waals surface area contributed by atoms with Gasteiger partial charge < -0.3 is 4.84 Å². The molecule has 0 aromatic heterocycles. The van der Waals surface area contributed by atoms with E-state index in [1.807, 2.05) is 0 Å². The van der Waals surface area contributed by atoms with Crippen LogP contribution in [-0.4, -0.2) is 17.1 Å². The third-order valence-corrected chi connectivity index (χ3v) is 3.01. The summed E-state index contributed by atoms with van der Waals surface area (Å²) in [5.41, 5.74) is 3.49. The molecule has 0 radical (unpaired) electrons. The summed E-state index contributed by atoms with van der Waals surface area (Å²) < 4.78 is 0. The molecule has 1 aliphatic heterocycles. The lowest BCUT2D eigenvalue weighted by Gasteiger charge is -2.01. The van der Waals surface area contributed by atoms with Gasteiger partial charge in [0.25, 0.3) is 0 Å². The molecule has 2 nitrogen and oxygen atoms in total. The van der Waals surface area contributed by atoms with Gasteiger partial charge in [0.2, 0.25) is 0 Å². The summed E-state index contributed by atoms with van der Waals surface area (Å²) in [7, 11) is 0. The van der Waals surface area contributed by atoms with Gasteiger partial charge in [-0.05, 0) is 12.5 Å². The lowest BCUT2D eigenvalue weighted by Crippen LogP contribution is -2.09. The SMILES string of the molecule is Cc1ccc(C2=NO[C@H](CBr)C2)cc1. The van der Waals surface area contributed by atoms with Crippen LogP contribution in [0.15, 0.2) is 29.4 Å². The largest absolute Gasteiger partial charge is 0.391 e. The molecule has 0 spiro atoms. The molecule has 0 saturated carbocycles. The molecular formula is C11H12BrNO. The predicted octanol–water partition coefficient (Wildman–Crippen LogP) is 2.88. The first-order valence-corrected chi connectivity index (χ1v) is 5.77. The third kappa shape index (κ3) is 1.98. The van der Waals surface area contributed by atoms with E-state index in [-0.39, 0.29) is 6.10 Å². The quantitative estimate of drug-likeness (QED) is 0.743. The van der Waals surface area contributed by atoms with Crippen LogP contribution >= 0.6 is 15.9 Å². The van der Waals surface area contributed by atoms with E-state index in [0.717, 1.165) is 17.5 Å². The lowest BCUT2D eigenvalue weighted by atomic mass is 10.0. The molecule has 74 valence electrons. The predicted molar refractivity (Wildman–Crippen MR) is 61.0 cm³/mol. The van der Waals surface area contributed by atoms with Gasteiger partial charge in [0, 0.05) is 11.8 Å². The van der Waals surface area contributed by atoms with Crippen LogP contribution in [0.5, 0.6) is 0 Å². The minimum Gasteiger partial charge on any atom is -0.391 e. The molecule has 0 N–H and O–H groups in total. The maximum atomic E-state index is 5.24. The number of benzene rings is 1. The monoisotopic (exact) mass is 253 g/mol. The van der Waals surface area contributed by atoms with E-state index in [4.69, 9.17) is 4.84 Å². The second-order valence-corrected chi connectivity index (χ2v) is 4.14. The number of rotatable bonds is 2. The Kier molecular flexibility index (Phi) is 2.87. The fourth-order valence-corrected chi connectivity index (χ4v) is 1.77. The highest BCUT2D eigenvalue weighted by Gasteiger charge is 2.20. The van der Waals surface area contributed by atoms with Crippen LogP contribution in [-0.2, 0) is 4.84 Å². The Morgan fingerprint density at radius 2 is 2.14 bits per heavy atom. The zero-order valence-electron chi connectivity index (χ0n) is 8.03. The van der Waals surface area contributed by atoms with Crippen molar-refractivity contribution < 1.29 is 4.84 Å². The standard InChI is InChI=1S/C11H12BrNO/c1-8-2-4-9(5-3-8)11-6-10(7-12)14-13-11/h2-5,10H,6-7H2,1H3/t10-/m0/s1. The van der Waals surface area contributed by atoms with Crippen molar-refractivity contribution in [2.75, 3.05) is 5.33 Å². The smallest absolute Gasteiger partial charge is 0.142 e. The van der Waals surface area contributed by atoms with Crippen molar-refractivity contribution in [2.45, 2.75) is 19.4 Å². The highest BCUT2D eigenvalue weighted by atomic mass is 79.9. The van der Waals surface area contributed by atoms with Crippen LogP contribution in [0.2, 0.25) is 0 Å². The molecule has 14 heavy (non-hydrogen) atoms. The fourth-order valence-electron chi connectivity index (χ4n) is 1.43. The summed E-state index contributed by atoms with van der Waals surface area (Å²) in [5.74, 6) is 0. The Morgan fingerprint density at radius 1 is 1.43 bits per heavy atom. The highest BCUT2D eigenvalue weighted by molar-refractivity contribution is 9.09. The van der Waals surface area contributed by atoms with Gasteiger partial charge in [-0.3, -0.25) is 0 Å². The number of hydrogen-bond donors (Lipinski definition) is 0. The molecule has 0 aliphatic carbocycles. The summed E-state index contributed by atoms with van der Waals surface area (Å²) in [6.45, 7) is 2.08. The Hall–Kier alpha value is -0.830. The van der Waals surface area contributed by atoms with Gasteiger partial charge in [0.1, 0.15) is 6.10 Å². The summed E-state index contributed by atoms with van der Waals surface area (Å²) in [6.07, 6.45) is 1.10. The van der Waals surface area contributed by atoms with Gasteiger partial charge in [-0.25, -0.2) is 0 Å². The van der Waals surface area contributed by atoms with Crippen molar-refractivity contribution in [1.29, 1.82) is 0 Å². The second kappa shape index (κ2) is 4.13. The number of oxime groups is 1. The normalized spacial score (nSPS) is 20.4. The summed E-state index contributed by atoms with van der Waals surface area (Å²) in [5, 5.41) is 4.91. The first-order chi connectivity index (χ1) is 6.79. The fraction of sp³-hybridized carbons (Fsp3) is 0.364. The van der Waals surface area contributed by atoms with E-state index >= 15 is 0 Å². The van der Waals surface area contributed by atoms with E-state index in [0.29, 0.717) is 0 Å². The van der Waals surface area contributed by atoms with E-state index in [1.54, 1.807) is 0 Å². The number of hydrogen-bond acceptors (Lipinski definition) is 2. The minimum atomic E-state index is 0.200. The van der Waals surface area contributed by atoms with Crippen LogP contribution in [0.1, 0.15) is 17.5 Å². The van der Waals surface area contributed by atoms with E-state index in [1.165, 1.54) is 11.1 Å². The van der Waals surface area contributed by atoms with Gasteiger partial charge >= 0.3 is 0 Å². The number of aryl methyl sites for hydroxylation is 1. The summed E-state index contributed by atoms with van der Waals surface area (Å²) in [4.78, 5) is 5.24. The molecule has 0 fully saturated rings. The molecule has 1 aromatic rings. The lowest BCUT2D eigenvalue weighted by molar-refractivity contribution is 0.104. The van der Waals surface area contributed by atoms with Crippen LogP contribution < -0.4 is 0 Å². The molecule has 1 atom stereocenters. The zero-order chi connectivity index (χ0) is 9.97. The van der Waals surface area contributed by atoms with E-state index in [9.17, 15) is 0 Å². The van der Waals surface area contributed by atoms with Crippen molar-refractivity contribution in [3.05, 3.63) is 35.4 Å². The van der Waals surface area contributed by atoms with Crippen molar-refractivity contribution in [3.63, 3.8) is 0 Å². The molecular weight excluding hydrogens is 242 g/mol. The average molecular weight is 254 g/mol. The van der Waals surface area contributed by atoms with Gasteiger partial charge in [-0.2, -0.15) is 0 Å². The van der Waals surface area contributed by atoms with E-state index in [2.05, 4.69) is 52.3 Å². The van der Waals surface area contributed by atoms with Crippen LogP contribution in [0.4, 0.5) is 0 Å². The van der Waals surface area contributed by atoms with Crippen LogP contribution in [0.25, 0.3) is 0 Å². The highest BCUT2D eigenvalue weighted by Crippen LogP contribution is 2.18. The van der Waals surface area contributed by atoms with Crippen LogP contribution in [0.3, 0.4) is 0 Å². The summed E-state index contributed by atoms with van der Waals surface area (Å²) >= 11 is 3.39. The molecule has 2 rings (SSSR count). The molecule has 1 aromatic carbocycles. The van der Waals surface area contributed by atoms with Crippen molar-refractivity contribution >= 4 is 21.6 Å². The van der Waals surface area contributed by atoms with Crippen molar-refractivity contribution in [2.24, 2.45) is 5.16 Å². The summed E-state index contributed by atoms with van der Waals surface area (Å²) in [6, 6.07) is 8.38. The molecule has 1 heterocycles. The zero-order valence-corrected chi connectivity index (χ0v) is 9.62. The van der Waals surface area contributed by atoms with Gasteiger partial charge in [0.15, 0.2) is 0 Å². The maximum Gasteiger partial charge on any atom is 0.142 e.